The molecule has 0 unspecified atom stereocenters. The molecule has 0 amide bonds. The third-order valence-corrected chi connectivity index (χ3v) is 2.21. The topological polar surface area (TPSA) is 94.1 Å². The Bertz CT molecular complexity index is 506. The molecule has 0 fully saturated rings. The van der Waals surface area contributed by atoms with E-state index >= 15 is 0 Å². The monoisotopic (exact) mass is 300 g/mol. The van der Waals surface area contributed by atoms with Crippen molar-refractivity contribution in [1.82, 2.24) is 4.98 Å². The molecule has 1 aromatic rings. The van der Waals surface area contributed by atoms with Crippen molar-refractivity contribution in [3.63, 3.8) is 0 Å². The van der Waals surface area contributed by atoms with Crippen molar-refractivity contribution in [3.05, 3.63) is 28.1 Å². The fourth-order valence-electron chi connectivity index (χ4n) is 1.19. The summed E-state index contributed by atoms with van der Waals surface area (Å²) in [5.74, 6) is -3.41. The van der Waals surface area contributed by atoms with Gasteiger partial charge in [-0.3, -0.25) is 10.1 Å². The molecule has 0 atom stereocenters. The summed E-state index contributed by atoms with van der Waals surface area (Å²) in [6.45, 7) is -2.18. The van der Waals surface area contributed by atoms with Crippen LogP contribution in [0.3, 0.4) is 0 Å². The largest absolute Gasteiger partial charge is 0.433 e. The lowest BCUT2D eigenvalue weighted by Gasteiger charge is -2.16. The van der Waals surface area contributed by atoms with Crippen molar-refractivity contribution in [3.8, 4) is 0 Å². The molecule has 0 aliphatic rings. The van der Waals surface area contributed by atoms with Gasteiger partial charge in [0.15, 0.2) is 0 Å². The zero-order valence-corrected chi connectivity index (χ0v) is 9.75. The van der Waals surface area contributed by atoms with Crippen molar-refractivity contribution < 1.29 is 26.9 Å². The minimum Gasteiger partial charge on any atom is -0.373 e. The minimum absolute atomic E-state index is 0.296. The van der Waals surface area contributed by atoms with E-state index in [0.29, 0.717) is 12.3 Å². The Balaban J connectivity index is 3.10. The van der Waals surface area contributed by atoms with Crippen LogP contribution in [0.1, 0.15) is 5.69 Å². The van der Waals surface area contributed by atoms with Crippen LogP contribution >= 0.6 is 0 Å². The number of hydrogen-bond acceptors (Lipinski definition) is 5. The highest BCUT2D eigenvalue weighted by molar-refractivity contribution is 5.61. The summed E-state index contributed by atoms with van der Waals surface area (Å²) >= 11 is 0. The maximum absolute atomic E-state index is 12.9. The molecule has 0 aliphatic heterocycles. The molecule has 1 aromatic heterocycles. The molecule has 6 nitrogen and oxygen atoms in total. The van der Waals surface area contributed by atoms with E-state index in [2.05, 4.69) is 4.98 Å². The molecule has 3 N–H and O–H groups in total. The molecule has 20 heavy (non-hydrogen) atoms. The van der Waals surface area contributed by atoms with Crippen molar-refractivity contribution in [2.75, 3.05) is 18.4 Å². The van der Waals surface area contributed by atoms with Crippen LogP contribution in [0.5, 0.6) is 0 Å². The Morgan fingerprint density at radius 1 is 1.35 bits per heavy atom. The standard InChI is InChI=1S/C9H9F5N4O2/c10-8(11,3-15)4-17-5-1-7(9(12,13)14)16-2-6(5)18(19)20/h1-2H,3-4,15H2,(H,16,17). The molecule has 0 aliphatic carbocycles. The molecule has 0 radical (unpaired) electrons. The lowest BCUT2D eigenvalue weighted by atomic mass is 10.2. The number of aromatic nitrogens is 1. The van der Waals surface area contributed by atoms with Gasteiger partial charge in [-0.2, -0.15) is 13.2 Å². The maximum atomic E-state index is 12.9. The van der Waals surface area contributed by atoms with Gasteiger partial charge in [0.2, 0.25) is 0 Å². The van der Waals surface area contributed by atoms with Crippen LogP contribution in [-0.4, -0.2) is 28.9 Å². The zero-order valence-electron chi connectivity index (χ0n) is 9.75. The summed E-state index contributed by atoms with van der Waals surface area (Å²) in [5, 5.41) is 12.5. The van der Waals surface area contributed by atoms with Crippen LogP contribution in [0, 0.1) is 10.1 Å². The first-order valence-corrected chi connectivity index (χ1v) is 5.10. The molecule has 112 valence electrons. The van der Waals surface area contributed by atoms with Gasteiger partial charge in [-0.15, -0.1) is 0 Å². The average Bonchev–Trinajstić information content (AvgIpc) is 2.35. The van der Waals surface area contributed by atoms with Gasteiger partial charge < -0.3 is 11.1 Å². The van der Waals surface area contributed by atoms with Gasteiger partial charge in [-0.1, -0.05) is 0 Å². The van der Waals surface area contributed by atoms with E-state index in [1.54, 1.807) is 0 Å². The van der Waals surface area contributed by atoms with Gasteiger partial charge >= 0.3 is 11.9 Å². The Morgan fingerprint density at radius 3 is 2.40 bits per heavy atom. The van der Waals surface area contributed by atoms with Crippen molar-refractivity contribution in [2.24, 2.45) is 5.73 Å². The van der Waals surface area contributed by atoms with Crippen LogP contribution in [0.25, 0.3) is 0 Å². The van der Waals surface area contributed by atoms with E-state index in [4.69, 9.17) is 5.73 Å². The SMILES string of the molecule is NCC(F)(F)CNc1cc(C(F)(F)F)ncc1[N+](=O)[O-]. The highest BCUT2D eigenvalue weighted by atomic mass is 19.4. The number of anilines is 1. The molecular weight excluding hydrogens is 291 g/mol. The number of nitrogens with two attached hydrogens (primary N) is 1. The molecule has 1 rings (SSSR count). The van der Waals surface area contributed by atoms with E-state index in [1.807, 2.05) is 5.32 Å². The average molecular weight is 300 g/mol. The molecule has 11 heteroatoms. The Kier molecular flexibility index (Phi) is 4.43. The van der Waals surface area contributed by atoms with E-state index in [1.165, 1.54) is 0 Å². The molecule has 0 saturated carbocycles. The molecular formula is C9H9F5N4O2. The van der Waals surface area contributed by atoms with Gasteiger partial charge in [0, 0.05) is 0 Å². The second-order valence-corrected chi connectivity index (χ2v) is 3.76. The van der Waals surface area contributed by atoms with Gasteiger partial charge in [-0.25, -0.2) is 13.8 Å². The Hall–Kier alpha value is -2.04. The van der Waals surface area contributed by atoms with E-state index in [-0.39, 0.29) is 0 Å². The molecule has 0 spiro atoms. The number of alkyl halides is 5. The number of pyridine rings is 1. The maximum Gasteiger partial charge on any atom is 0.433 e. The predicted molar refractivity (Wildman–Crippen MR) is 58.4 cm³/mol. The summed E-state index contributed by atoms with van der Waals surface area (Å²) in [6.07, 6.45) is -4.49. The van der Waals surface area contributed by atoms with Crippen molar-refractivity contribution in [2.45, 2.75) is 12.1 Å². The molecule has 0 aromatic carbocycles. The first-order valence-electron chi connectivity index (χ1n) is 5.10. The van der Waals surface area contributed by atoms with Gasteiger partial charge in [0.05, 0.1) is 18.0 Å². The lowest BCUT2D eigenvalue weighted by molar-refractivity contribution is -0.384. The second kappa shape index (κ2) is 5.53. The number of halogens is 5. The molecule has 1 heterocycles. The Morgan fingerprint density at radius 2 is 1.95 bits per heavy atom. The van der Waals surface area contributed by atoms with Crippen LogP contribution in [0.2, 0.25) is 0 Å². The third kappa shape index (κ3) is 3.98. The smallest absolute Gasteiger partial charge is 0.373 e. The number of nitro groups is 1. The summed E-state index contributed by atoms with van der Waals surface area (Å²) in [6, 6.07) is 0.296. The fraction of sp³-hybridized carbons (Fsp3) is 0.444. The van der Waals surface area contributed by atoms with E-state index in [9.17, 15) is 32.1 Å². The fourth-order valence-corrected chi connectivity index (χ4v) is 1.19. The highest BCUT2D eigenvalue weighted by Crippen LogP contribution is 2.33. The number of nitrogens with zero attached hydrogens (tertiary/aromatic N) is 2. The normalized spacial score (nSPS) is 12.3. The van der Waals surface area contributed by atoms with Gasteiger partial charge in [0.1, 0.15) is 17.6 Å². The quantitative estimate of drug-likeness (QED) is 0.493. The number of hydrogen-bond donors (Lipinski definition) is 2. The molecule has 0 bridgehead atoms. The summed E-state index contributed by atoms with van der Waals surface area (Å²) in [4.78, 5) is 12.5. The van der Waals surface area contributed by atoms with Gasteiger partial charge in [-0.05, 0) is 6.07 Å². The van der Waals surface area contributed by atoms with Gasteiger partial charge in [0.25, 0.3) is 5.92 Å². The van der Waals surface area contributed by atoms with Crippen molar-refractivity contribution >= 4 is 11.4 Å². The summed E-state index contributed by atoms with van der Waals surface area (Å²) in [5.41, 5.74) is 1.78. The van der Waals surface area contributed by atoms with E-state index in [0.717, 1.165) is 0 Å². The minimum atomic E-state index is -4.85. The number of rotatable bonds is 5. The second-order valence-electron chi connectivity index (χ2n) is 3.76. The summed E-state index contributed by atoms with van der Waals surface area (Å²) in [7, 11) is 0. The van der Waals surface area contributed by atoms with E-state index < -0.39 is 47.2 Å². The lowest BCUT2D eigenvalue weighted by Crippen LogP contribution is -2.35. The van der Waals surface area contributed by atoms with Crippen LogP contribution in [0.4, 0.5) is 33.3 Å². The Labute approximate surface area is 108 Å². The highest BCUT2D eigenvalue weighted by Gasteiger charge is 2.35. The van der Waals surface area contributed by atoms with Crippen LogP contribution < -0.4 is 11.1 Å². The van der Waals surface area contributed by atoms with Crippen molar-refractivity contribution in [1.29, 1.82) is 0 Å². The number of nitrogens with one attached hydrogen (secondary N) is 1. The first kappa shape index (κ1) is 16.0. The third-order valence-electron chi connectivity index (χ3n) is 2.21. The summed E-state index contributed by atoms with van der Waals surface area (Å²) < 4.78 is 63.1. The van der Waals surface area contributed by atoms with Crippen LogP contribution in [0.15, 0.2) is 12.3 Å². The van der Waals surface area contributed by atoms with Crippen LogP contribution in [-0.2, 0) is 6.18 Å². The molecule has 0 saturated heterocycles. The first-order chi connectivity index (χ1) is 9.07. The zero-order chi connectivity index (χ0) is 15.6. The predicted octanol–water partition coefficient (Wildman–Crippen LogP) is 2.01.